The maximum atomic E-state index is 12.1. The molecule has 0 saturated carbocycles. The van der Waals surface area contributed by atoms with Crippen molar-refractivity contribution in [3.63, 3.8) is 0 Å². The van der Waals surface area contributed by atoms with Crippen LogP contribution in [0, 0.1) is 0 Å². The van der Waals surface area contributed by atoms with E-state index in [0.717, 1.165) is 5.39 Å². The highest BCUT2D eigenvalue weighted by atomic mass is 35.5. The number of sulfonamides is 1. The summed E-state index contributed by atoms with van der Waals surface area (Å²) in [5.41, 5.74) is 3.61. The van der Waals surface area contributed by atoms with Crippen LogP contribution >= 0.6 is 0 Å². The quantitative estimate of drug-likeness (QED) is 0.586. The number of hydrogen-bond donors (Lipinski definition) is 2. The minimum atomic E-state index is -3.45. The fraction of sp³-hybridized carbons (Fsp3) is 0.182. The zero-order chi connectivity index (χ0) is 12.3. The van der Waals surface area contributed by atoms with Gasteiger partial charge in [-0.1, -0.05) is 6.07 Å². The van der Waals surface area contributed by atoms with Gasteiger partial charge in [0.05, 0.1) is 18.0 Å². The highest BCUT2D eigenvalue weighted by molar-refractivity contribution is 7.89. The second kappa shape index (κ2) is 7.62. The number of pyridine rings is 1. The van der Waals surface area contributed by atoms with Crippen molar-refractivity contribution in [3.05, 3.63) is 36.7 Å². The summed E-state index contributed by atoms with van der Waals surface area (Å²) in [7, 11) is -3.45. The van der Waals surface area contributed by atoms with Crippen molar-refractivity contribution in [1.82, 2.24) is 4.72 Å². The fourth-order valence-electron chi connectivity index (χ4n) is 1.65. The lowest BCUT2D eigenvalue weighted by molar-refractivity contribution is -0.375. The third-order valence-corrected chi connectivity index (χ3v) is 3.96. The summed E-state index contributed by atoms with van der Waals surface area (Å²) in [5, 5.41) is 1.58. The summed E-state index contributed by atoms with van der Waals surface area (Å²) in [5.74, 6) is 0. The zero-order valence-electron chi connectivity index (χ0n) is 10.1. The van der Waals surface area contributed by atoms with Gasteiger partial charge >= 0.3 is 0 Å². The lowest BCUT2D eigenvalue weighted by atomic mass is 10.2. The Morgan fingerprint density at radius 2 is 1.95 bits per heavy atom. The molecule has 0 aliphatic rings. The SMILES string of the molecule is [Cl-].[Cl-].[NH3+]CCNS(=O)(=O)c1cccc2c[nH+]ccc12. The minimum Gasteiger partial charge on any atom is -1.00 e. The first-order chi connectivity index (χ1) is 8.15. The van der Waals surface area contributed by atoms with E-state index in [4.69, 9.17) is 0 Å². The number of quaternary nitrogens is 1. The smallest absolute Gasteiger partial charge is 0.241 e. The number of hydrogen-bond acceptors (Lipinski definition) is 2. The molecule has 106 valence electrons. The number of aromatic amines is 1. The van der Waals surface area contributed by atoms with E-state index < -0.39 is 10.0 Å². The Morgan fingerprint density at radius 3 is 2.63 bits per heavy atom. The van der Waals surface area contributed by atoms with Crippen LogP contribution in [0.4, 0.5) is 0 Å². The van der Waals surface area contributed by atoms with E-state index in [1.807, 2.05) is 6.07 Å². The summed E-state index contributed by atoms with van der Waals surface area (Å²) >= 11 is 0. The molecule has 5 nitrogen and oxygen atoms in total. The molecular weight excluding hydrogens is 309 g/mol. The van der Waals surface area contributed by atoms with E-state index in [1.165, 1.54) is 0 Å². The first-order valence-electron chi connectivity index (χ1n) is 5.33. The predicted molar refractivity (Wildman–Crippen MR) is 63.4 cm³/mol. The molecule has 2 rings (SSSR count). The predicted octanol–water partition coefficient (Wildman–Crippen LogP) is -6.82. The van der Waals surface area contributed by atoms with Crippen LogP contribution in [0.15, 0.2) is 41.6 Å². The first-order valence-corrected chi connectivity index (χ1v) is 6.81. The number of aromatic nitrogens is 1. The fourth-order valence-corrected chi connectivity index (χ4v) is 2.95. The van der Waals surface area contributed by atoms with Crippen LogP contribution in [0.2, 0.25) is 0 Å². The molecule has 1 aromatic heterocycles. The van der Waals surface area contributed by atoms with Gasteiger partial charge in [-0.25, -0.2) is 18.1 Å². The van der Waals surface area contributed by atoms with E-state index in [1.54, 1.807) is 30.6 Å². The van der Waals surface area contributed by atoms with Gasteiger partial charge in [0.15, 0.2) is 12.4 Å². The Bertz CT molecular complexity index is 629. The lowest BCUT2D eigenvalue weighted by Gasteiger charge is -2.06. The Kier molecular flexibility index (Phi) is 7.25. The molecule has 0 saturated heterocycles. The van der Waals surface area contributed by atoms with Crippen molar-refractivity contribution in [1.29, 1.82) is 0 Å². The average Bonchev–Trinajstić information content (AvgIpc) is 2.36. The van der Waals surface area contributed by atoms with Crippen LogP contribution in [0.1, 0.15) is 0 Å². The highest BCUT2D eigenvalue weighted by Crippen LogP contribution is 2.20. The Morgan fingerprint density at radius 1 is 1.21 bits per heavy atom. The second-order valence-corrected chi connectivity index (χ2v) is 5.39. The number of rotatable bonds is 4. The molecule has 0 spiro atoms. The lowest BCUT2D eigenvalue weighted by Crippen LogP contribution is -3.00. The number of fused-ring (bicyclic) bond motifs is 1. The van der Waals surface area contributed by atoms with Crippen molar-refractivity contribution in [2.45, 2.75) is 4.90 Å². The average molecular weight is 324 g/mol. The van der Waals surface area contributed by atoms with Gasteiger partial charge in [0, 0.05) is 16.8 Å². The molecule has 0 bridgehead atoms. The molecule has 1 heterocycles. The van der Waals surface area contributed by atoms with Crippen LogP contribution in [-0.4, -0.2) is 21.5 Å². The van der Waals surface area contributed by atoms with E-state index in [9.17, 15) is 8.42 Å². The summed E-state index contributed by atoms with van der Waals surface area (Å²) < 4.78 is 26.6. The van der Waals surface area contributed by atoms with E-state index in [-0.39, 0.29) is 24.8 Å². The number of benzene rings is 1. The molecule has 0 atom stereocenters. The van der Waals surface area contributed by atoms with Crippen molar-refractivity contribution in [2.75, 3.05) is 13.1 Å². The highest BCUT2D eigenvalue weighted by Gasteiger charge is 2.16. The number of H-pyrrole nitrogens is 1. The monoisotopic (exact) mass is 323 g/mol. The summed E-state index contributed by atoms with van der Waals surface area (Å²) in [6.45, 7) is 0.870. The molecule has 1 aromatic carbocycles. The van der Waals surface area contributed by atoms with Gasteiger partial charge in [-0.3, -0.25) is 0 Å². The van der Waals surface area contributed by atoms with E-state index >= 15 is 0 Å². The van der Waals surface area contributed by atoms with E-state index in [2.05, 4.69) is 15.4 Å². The molecule has 5 N–H and O–H groups in total. The van der Waals surface area contributed by atoms with Crippen LogP contribution < -0.4 is 40.3 Å². The molecular formula is C11H15Cl2N3O2S. The third-order valence-electron chi connectivity index (χ3n) is 2.44. The van der Waals surface area contributed by atoms with Crippen LogP contribution in [0.3, 0.4) is 0 Å². The maximum Gasteiger partial charge on any atom is 0.241 e. The van der Waals surface area contributed by atoms with Crippen molar-refractivity contribution in [3.8, 4) is 0 Å². The van der Waals surface area contributed by atoms with E-state index in [0.29, 0.717) is 23.4 Å². The van der Waals surface area contributed by atoms with Gasteiger partial charge in [-0.05, 0) is 12.1 Å². The summed E-state index contributed by atoms with van der Waals surface area (Å²) in [6.07, 6.45) is 3.48. The Hall–Kier alpha value is -0.920. The van der Waals surface area contributed by atoms with Crippen LogP contribution in [-0.2, 0) is 10.0 Å². The van der Waals surface area contributed by atoms with Gasteiger partial charge < -0.3 is 30.5 Å². The first kappa shape index (κ1) is 18.1. The number of nitrogens with one attached hydrogen (secondary N) is 2. The van der Waals surface area contributed by atoms with Gasteiger partial charge in [-0.15, -0.1) is 0 Å². The molecule has 0 fully saturated rings. The second-order valence-electron chi connectivity index (χ2n) is 3.65. The van der Waals surface area contributed by atoms with Gasteiger partial charge in [-0.2, -0.15) is 0 Å². The standard InChI is InChI=1S/C11H13N3O2S.2ClH/c12-5-7-14-17(15,16)11-3-1-2-9-8-13-6-4-10(9)11;;/h1-4,6,8,14H,5,7,12H2;2*1H. The maximum absolute atomic E-state index is 12.1. The largest absolute Gasteiger partial charge is 1.00 e. The minimum absolute atomic E-state index is 0. The van der Waals surface area contributed by atoms with Gasteiger partial charge in [0.2, 0.25) is 10.0 Å². The third kappa shape index (κ3) is 4.02. The normalized spacial score (nSPS) is 10.6. The van der Waals surface area contributed by atoms with Crippen LogP contribution in [0.25, 0.3) is 10.8 Å². The van der Waals surface area contributed by atoms with Gasteiger partial charge in [0.1, 0.15) is 0 Å². The molecule has 19 heavy (non-hydrogen) atoms. The Balaban J connectivity index is 0.00000162. The van der Waals surface area contributed by atoms with Crippen molar-refractivity contribution < 1.29 is 43.9 Å². The molecule has 0 radical (unpaired) electrons. The topological polar surface area (TPSA) is 88.0 Å². The summed E-state index contributed by atoms with van der Waals surface area (Å²) in [6, 6.07) is 6.96. The van der Waals surface area contributed by atoms with Crippen molar-refractivity contribution in [2.24, 2.45) is 0 Å². The number of halogens is 2. The molecule has 8 heteroatoms. The molecule has 2 aromatic rings. The van der Waals surface area contributed by atoms with Gasteiger partial charge in [0.25, 0.3) is 0 Å². The Labute approximate surface area is 124 Å². The molecule has 0 unspecified atom stereocenters. The molecule has 0 aliphatic carbocycles. The zero-order valence-corrected chi connectivity index (χ0v) is 12.4. The molecule has 0 aliphatic heterocycles. The molecule has 0 amide bonds. The van der Waals surface area contributed by atoms with Crippen LogP contribution in [0.5, 0.6) is 0 Å². The van der Waals surface area contributed by atoms with Crippen molar-refractivity contribution >= 4 is 20.8 Å². The summed E-state index contributed by atoms with van der Waals surface area (Å²) in [4.78, 5) is 3.24.